The molecule has 1 saturated heterocycles. The molecule has 140 valence electrons. The largest absolute Gasteiger partial charge is 0.543 e. The normalized spacial score (nSPS) is 22.3. The molecule has 1 unspecified atom stereocenters. The van der Waals surface area contributed by atoms with Crippen molar-refractivity contribution < 1.29 is 19.3 Å². The molecule has 1 amide bonds. The summed E-state index contributed by atoms with van der Waals surface area (Å²) in [6, 6.07) is -0.663. The average molecular weight is 396 g/mol. The van der Waals surface area contributed by atoms with Crippen molar-refractivity contribution >= 4 is 47.0 Å². The highest BCUT2D eigenvalue weighted by Gasteiger charge is 2.50. The number of aliphatic carboxylic acids is 1. The molecule has 2 aliphatic heterocycles. The smallest absolute Gasteiger partial charge is 0.301 e. The number of rotatable bonds is 5. The number of carboxylic acid groups (broad SMARTS) is 1. The van der Waals surface area contributed by atoms with Gasteiger partial charge in [0.15, 0.2) is 0 Å². The van der Waals surface area contributed by atoms with Crippen LogP contribution in [0, 0.1) is 0 Å². The van der Waals surface area contributed by atoms with Gasteiger partial charge in [0.25, 0.3) is 0 Å². The quantitative estimate of drug-likeness (QED) is 0.221. The van der Waals surface area contributed by atoms with Gasteiger partial charge >= 0.3 is 5.16 Å². The van der Waals surface area contributed by atoms with Crippen molar-refractivity contribution in [2.24, 2.45) is 12.8 Å². The van der Waals surface area contributed by atoms with E-state index in [1.807, 2.05) is 6.92 Å². The lowest BCUT2D eigenvalue weighted by Crippen LogP contribution is -2.69. The Morgan fingerprint density at radius 1 is 1.50 bits per heavy atom. The Morgan fingerprint density at radius 3 is 2.81 bits per heavy atom. The number of hydrogen-bond donors (Lipinski definition) is 3. The van der Waals surface area contributed by atoms with E-state index in [9.17, 15) is 14.7 Å². The van der Waals surface area contributed by atoms with Crippen LogP contribution < -0.4 is 26.9 Å². The molecule has 26 heavy (non-hydrogen) atoms. The van der Waals surface area contributed by atoms with Crippen LogP contribution in [0.2, 0.25) is 0 Å². The molecular formula is C15H20N6O3S2. The Hall–Kier alpha value is -1.98. The molecule has 0 aromatic carbocycles. The van der Waals surface area contributed by atoms with E-state index in [0.717, 1.165) is 5.56 Å². The number of carboxylic acids is 1. The Morgan fingerprint density at radius 2 is 2.19 bits per heavy atom. The zero-order valence-corrected chi connectivity index (χ0v) is 16.0. The number of thioether (sulfide) groups is 2. The minimum Gasteiger partial charge on any atom is -0.543 e. The second-order valence-electron chi connectivity index (χ2n) is 6.02. The number of hydrogen-bond acceptors (Lipinski definition) is 9. The first kappa shape index (κ1) is 18.8. The van der Waals surface area contributed by atoms with Crippen LogP contribution in [0.15, 0.2) is 16.4 Å². The summed E-state index contributed by atoms with van der Waals surface area (Å²) in [5.74, 6) is -0.0922. The van der Waals surface area contributed by atoms with Gasteiger partial charge in [-0.2, -0.15) is 0 Å². The van der Waals surface area contributed by atoms with Gasteiger partial charge in [0, 0.05) is 11.5 Å². The highest BCUT2D eigenvalue weighted by molar-refractivity contribution is 8.01. The van der Waals surface area contributed by atoms with Crippen LogP contribution in [0.1, 0.15) is 12.5 Å². The Balaban J connectivity index is 1.87. The number of carbonyl (C=O) groups is 2. The summed E-state index contributed by atoms with van der Waals surface area (Å²) in [5.41, 5.74) is 19.1. The minimum absolute atomic E-state index is 0.0817. The van der Waals surface area contributed by atoms with Crippen LogP contribution in [-0.2, 0) is 23.1 Å². The fourth-order valence-electron chi connectivity index (χ4n) is 3.00. The summed E-state index contributed by atoms with van der Waals surface area (Å²) in [5, 5.41) is 11.8. The summed E-state index contributed by atoms with van der Waals surface area (Å²) in [6.07, 6.45) is 0.665. The van der Waals surface area contributed by atoms with Crippen LogP contribution >= 0.6 is 23.5 Å². The third-order valence-electron chi connectivity index (χ3n) is 4.49. The highest BCUT2D eigenvalue weighted by Crippen LogP contribution is 2.40. The summed E-state index contributed by atoms with van der Waals surface area (Å²) in [4.78, 5) is 29.1. The molecule has 3 rings (SSSR count). The number of aromatic nitrogens is 2. The molecule has 3 heterocycles. The second kappa shape index (κ2) is 6.97. The number of anilines is 2. The van der Waals surface area contributed by atoms with E-state index < -0.39 is 17.9 Å². The lowest BCUT2D eigenvalue weighted by atomic mass is 10.0. The first-order valence-corrected chi connectivity index (χ1v) is 10.0. The summed E-state index contributed by atoms with van der Waals surface area (Å²) < 4.78 is 1.72. The molecule has 6 N–H and O–H groups in total. The Bertz CT molecular complexity index is 828. The number of amides is 1. The molecule has 1 aromatic rings. The first-order valence-electron chi connectivity index (χ1n) is 7.98. The third-order valence-corrected chi connectivity index (χ3v) is 6.97. The lowest BCUT2D eigenvalue weighted by Gasteiger charge is -2.49. The number of β-lactam (4-membered cyclic amide) rings is 1. The van der Waals surface area contributed by atoms with Crippen molar-refractivity contribution in [3.63, 3.8) is 0 Å². The van der Waals surface area contributed by atoms with Gasteiger partial charge in [-0.15, -0.1) is 11.8 Å². The maximum absolute atomic E-state index is 12.0. The molecule has 0 aliphatic carbocycles. The maximum atomic E-state index is 12.0. The van der Waals surface area contributed by atoms with Gasteiger partial charge < -0.3 is 27.1 Å². The van der Waals surface area contributed by atoms with E-state index in [2.05, 4.69) is 4.98 Å². The third kappa shape index (κ3) is 2.89. The van der Waals surface area contributed by atoms with Gasteiger partial charge in [-0.25, -0.2) is 4.57 Å². The van der Waals surface area contributed by atoms with Crippen LogP contribution in [0.3, 0.4) is 0 Å². The van der Waals surface area contributed by atoms with Gasteiger partial charge in [0.2, 0.25) is 17.5 Å². The Labute approximate surface area is 159 Å². The molecule has 9 nitrogen and oxygen atoms in total. The predicted octanol–water partition coefficient (Wildman–Crippen LogP) is -2.03. The van der Waals surface area contributed by atoms with E-state index in [1.165, 1.54) is 28.4 Å². The van der Waals surface area contributed by atoms with Gasteiger partial charge in [-0.05, 0) is 23.8 Å². The zero-order valence-electron chi connectivity index (χ0n) is 14.4. The second-order valence-corrected chi connectivity index (χ2v) is 8.07. The summed E-state index contributed by atoms with van der Waals surface area (Å²) >= 11 is 2.76. The van der Waals surface area contributed by atoms with Crippen LogP contribution in [-0.4, -0.2) is 44.7 Å². The predicted molar refractivity (Wildman–Crippen MR) is 97.4 cm³/mol. The van der Waals surface area contributed by atoms with Crippen molar-refractivity contribution in [2.75, 3.05) is 23.0 Å². The molecule has 0 spiro atoms. The lowest BCUT2D eigenvalue weighted by molar-refractivity contribution is -0.699. The van der Waals surface area contributed by atoms with E-state index >= 15 is 0 Å². The van der Waals surface area contributed by atoms with Crippen LogP contribution in [0.5, 0.6) is 0 Å². The summed E-state index contributed by atoms with van der Waals surface area (Å²) in [7, 11) is 1.78. The van der Waals surface area contributed by atoms with Crippen molar-refractivity contribution in [3.05, 3.63) is 16.8 Å². The standard InChI is InChI=1S/C15H20N6O3S2/c1-3-7-10(17)19-15(20(2)11(7)18)26-5-6-4-25-13-8(16)12(22)21(13)9(6)14(23)24/h8,13H,3-5,16H2,1-2H3,(H4,17,18,23,24)/t8?,13-/m1/s1. The summed E-state index contributed by atoms with van der Waals surface area (Å²) in [6.45, 7) is 1.94. The molecule has 11 heteroatoms. The molecule has 0 saturated carbocycles. The van der Waals surface area contributed by atoms with Crippen molar-refractivity contribution in [2.45, 2.75) is 29.9 Å². The van der Waals surface area contributed by atoms with Gasteiger partial charge in [0.1, 0.15) is 11.4 Å². The molecule has 2 atom stereocenters. The number of fused-ring (bicyclic) bond motifs is 1. The Kier molecular flexibility index (Phi) is 5.04. The number of nitrogen functional groups attached to an aromatic ring is 2. The number of nitrogens with two attached hydrogens (primary N) is 3. The topological polar surface area (TPSA) is 155 Å². The highest BCUT2D eigenvalue weighted by atomic mass is 32.2. The molecule has 0 radical (unpaired) electrons. The van der Waals surface area contributed by atoms with Gasteiger partial charge in [-0.3, -0.25) is 9.69 Å². The molecule has 1 aromatic heterocycles. The minimum atomic E-state index is -1.37. The fourth-order valence-corrected chi connectivity index (χ4v) is 5.42. The van der Waals surface area contributed by atoms with Crippen LogP contribution in [0.4, 0.5) is 11.6 Å². The fraction of sp³-hybridized carbons (Fsp3) is 0.467. The van der Waals surface area contributed by atoms with Gasteiger partial charge in [0.05, 0.1) is 24.3 Å². The van der Waals surface area contributed by atoms with E-state index in [-0.39, 0.29) is 11.1 Å². The first-order chi connectivity index (χ1) is 12.3. The van der Waals surface area contributed by atoms with E-state index in [1.54, 1.807) is 11.6 Å². The molecule has 2 aliphatic rings. The van der Waals surface area contributed by atoms with E-state index in [4.69, 9.17) is 17.2 Å². The monoisotopic (exact) mass is 396 g/mol. The number of nitrogens with zero attached hydrogens (tertiary/aromatic N) is 3. The molecule has 1 fully saturated rings. The molecular weight excluding hydrogens is 376 g/mol. The van der Waals surface area contributed by atoms with Crippen molar-refractivity contribution in [1.82, 2.24) is 9.88 Å². The van der Waals surface area contributed by atoms with Crippen molar-refractivity contribution in [1.29, 1.82) is 0 Å². The SMILES string of the molecule is CCc1c(N)nc(SCC2=C(C(=O)[O-])N3C(=O)C(N)[C@H]3SC2)[n+](C)c1N. The van der Waals surface area contributed by atoms with E-state index in [0.29, 0.717) is 40.3 Å². The number of carbonyl (C=O) groups excluding carboxylic acids is 2. The zero-order chi connectivity index (χ0) is 19.2. The van der Waals surface area contributed by atoms with Crippen LogP contribution in [0.25, 0.3) is 0 Å². The van der Waals surface area contributed by atoms with Gasteiger partial charge in [-0.1, -0.05) is 11.9 Å². The maximum Gasteiger partial charge on any atom is 0.301 e. The molecule has 0 bridgehead atoms. The average Bonchev–Trinajstić information content (AvgIpc) is 2.62. The van der Waals surface area contributed by atoms with Crippen molar-refractivity contribution in [3.8, 4) is 0 Å².